The third-order valence-corrected chi connectivity index (χ3v) is 11.4. The van der Waals surface area contributed by atoms with Crippen molar-refractivity contribution < 1.29 is 18.3 Å². The summed E-state index contributed by atoms with van der Waals surface area (Å²) in [6, 6.07) is 5.65. The highest BCUT2D eigenvalue weighted by Gasteiger charge is 2.36. The maximum atomic E-state index is 17.1. The molecule has 1 saturated carbocycles. The van der Waals surface area contributed by atoms with E-state index < -0.39 is 11.6 Å². The van der Waals surface area contributed by atoms with Crippen LogP contribution in [0.25, 0.3) is 32.1 Å². The number of nitrogens with zero attached hydrogens (tertiary/aromatic N) is 6. The van der Waals surface area contributed by atoms with Crippen LogP contribution in [0, 0.1) is 23.0 Å². The number of hydrogen-bond donors (Lipinski definition) is 1. The minimum absolute atomic E-state index is 0.00937. The summed E-state index contributed by atoms with van der Waals surface area (Å²) in [4.78, 5) is 16.7. The Balaban J connectivity index is 1.35. The Bertz CT molecular complexity index is 1910. The van der Waals surface area contributed by atoms with Gasteiger partial charge in [-0.3, -0.25) is 9.80 Å². The van der Waals surface area contributed by atoms with Gasteiger partial charge in [-0.1, -0.05) is 17.7 Å². The molecule has 2 aromatic carbocycles. The molecule has 1 saturated heterocycles. The molecule has 8 rings (SSSR count). The van der Waals surface area contributed by atoms with Gasteiger partial charge >= 0.3 is 6.01 Å². The molecule has 3 aliphatic heterocycles. The average molecular weight is 666 g/mol. The molecule has 46 heavy (non-hydrogen) atoms. The van der Waals surface area contributed by atoms with Crippen LogP contribution in [0.5, 0.6) is 11.8 Å². The molecule has 2 bridgehead atoms. The van der Waals surface area contributed by atoms with Crippen LogP contribution in [0.15, 0.2) is 12.1 Å². The number of aromatic nitrogens is 2. The lowest BCUT2D eigenvalue weighted by molar-refractivity contribution is 0.0850. The van der Waals surface area contributed by atoms with Crippen molar-refractivity contribution in [1.82, 2.24) is 19.8 Å². The second kappa shape index (κ2) is 11.6. The SMILES string of the molecule is CN1CCC[C@H]1C1CCCN(C2CC2)CCN2CCOc3c(Cl)c(-c4ccc(F)c5sc(N)c(C#N)c45)c(F)c4nc(nc2c34)O1. The third-order valence-electron chi connectivity index (χ3n) is 9.97. The predicted molar refractivity (Wildman–Crippen MR) is 176 cm³/mol. The Kier molecular flexibility index (Phi) is 7.55. The first kappa shape index (κ1) is 29.9. The summed E-state index contributed by atoms with van der Waals surface area (Å²) in [6.45, 7) is 4.34. The van der Waals surface area contributed by atoms with Crippen molar-refractivity contribution in [3.05, 3.63) is 34.4 Å². The standard InChI is InChI=1S/C33H34ClF2N7O2S/c1-41-10-2-4-21(41)22-5-3-11-42(17-6-7-17)12-13-43-14-15-44-29-25-28(39-33(45-22)40-32(25)43)27(36)24(26(29)34)18-8-9-20(35)30-23(18)19(16-37)31(38)46-30/h8-9,17,21-22H,2-7,10-15,38H2,1H3/t21-,22?/m0/s1. The lowest BCUT2D eigenvalue weighted by Crippen LogP contribution is -2.42. The number of likely N-dealkylation sites (N-methyl/N-ethyl adjacent to an activating group) is 1. The number of nitrogens with two attached hydrogens (primary N) is 1. The number of nitriles is 1. The van der Waals surface area contributed by atoms with Gasteiger partial charge in [-0.15, -0.1) is 11.3 Å². The lowest BCUT2D eigenvalue weighted by atomic mass is 9.96. The fourth-order valence-electron chi connectivity index (χ4n) is 7.51. The van der Waals surface area contributed by atoms with Crippen LogP contribution >= 0.6 is 22.9 Å². The molecule has 2 fully saturated rings. The first-order chi connectivity index (χ1) is 22.3. The van der Waals surface area contributed by atoms with E-state index in [0.29, 0.717) is 36.9 Å². The largest absolute Gasteiger partial charge is 0.489 e. The van der Waals surface area contributed by atoms with E-state index in [1.54, 1.807) is 0 Å². The van der Waals surface area contributed by atoms with Gasteiger partial charge in [0.1, 0.15) is 40.9 Å². The second-order valence-corrected chi connectivity index (χ2v) is 14.2. The van der Waals surface area contributed by atoms with Gasteiger partial charge in [0.15, 0.2) is 11.6 Å². The molecule has 0 amide bonds. The number of ether oxygens (including phenoxy) is 2. The molecular weight excluding hydrogens is 632 g/mol. The van der Waals surface area contributed by atoms with E-state index in [1.807, 2.05) is 0 Å². The minimum atomic E-state index is -0.717. The molecule has 1 aliphatic carbocycles. The maximum Gasteiger partial charge on any atom is 0.319 e. The first-order valence-corrected chi connectivity index (χ1v) is 17.2. The highest BCUT2D eigenvalue weighted by molar-refractivity contribution is 7.23. The number of thiophene rings is 1. The number of likely N-dealkylation sites (tertiary alicyclic amines) is 1. The predicted octanol–water partition coefficient (Wildman–Crippen LogP) is 6.20. The number of anilines is 2. The Morgan fingerprint density at radius 2 is 1.87 bits per heavy atom. The van der Waals surface area contributed by atoms with Crippen molar-refractivity contribution in [2.45, 2.75) is 56.7 Å². The second-order valence-electron chi connectivity index (χ2n) is 12.7. The molecular formula is C33H34ClF2N7O2S. The van der Waals surface area contributed by atoms with Crippen molar-refractivity contribution in [1.29, 1.82) is 5.26 Å². The normalized spacial score (nSPS) is 22.7. The van der Waals surface area contributed by atoms with E-state index in [2.05, 4.69) is 27.8 Å². The van der Waals surface area contributed by atoms with E-state index in [0.717, 1.165) is 56.7 Å². The molecule has 4 aliphatic rings. The van der Waals surface area contributed by atoms with E-state index in [9.17, 15) is 9.65 Å². The van der Waals surface area contributed by atoms with E-state index in [-0.39, 0.29) is 66.2 Å². The van der Waals surface area contributed by atoms with Gasteiger partial charge in [-0.2, -0.15) is 15.2 Å². The van der Waals surface area contributed by atoms with Gasteiger partial charge in [0.05, 0.1) is 27.2 Å². The van der Waals surface area contributed by atoms with Gasteiger partial charge in [0, 0.05) is 36.1 Å². The van der Waals surface area contributed by atoms with Crippen LogP contribution in [-0.2, 0) is 0 Å². The van der Waals surface area contributed by atoms with Crippen LogP contribution in [0.4, 0.5) is 19.6 Å². The number of nitrogen functional groups attached to an aromatic ring is 1. The van der Waals surface area contributed by atoms with E-state index in [4.69, 9.17) is 36.8 Å². The van der Waals surface area contributed by atoms with Gasteiger partial charge < -0.3 is 20.1 Å². The molecule has 1 unspecified atom stereocenters. The molecule has 0 spiro atoms. The molecule has 4 aromatic rings. The van der Waals surface area contributed by atoms with Crippen LogP contribution in [0.1, 0.15) is 44.1 Å². The molecule has 9 nitrogen and oxygen atoms in total. The Labute approximate surface area is 274 Å². The Morgan fingerprint density at radius 1 is 1.04 bits per heavy atom. The van der Waals surface area contributed by atoms with Crippen molar-refractivity contribution in [2.24, 2.45) is 0 Å². The summed E-state index contributed by atoms with van der Waals surface area (Å²) in [7, 11) is 2.12. The van der Waals surface area contributed by atoms with Crippen LogP contribution in [0.2, 0.25) is 5.02 Å². The summed E-state index contributed by atoms with van der Waals surface area (Å²) in [6.07, 6.45) is 6.19. The smallest absolute Gasteiger partial charge is 0.319 e. The van der Waals surface area contributed by atoms with Crippen LogP contribution < -0.4 is 20.1 Å². The fourth-order valence-corrected chi connectivity index (χ4v) is 8.79. The van der Waals surface area contributed by atoms with Gasteiger partial charge in [-0.05, 0) is 70.3 Å². The molecule has 240 valence electrons. The van der Waals surface area contributed by atoms with E-state index in [1.165, 1.54) is 25.0 Å². The van der Waals surface area contributed by atoms with Crippen LogP contribution in [0.3, 0.4) is 0 Å². The molecule has 2 aromatic heterocycles. The summed E-state index contributed by atoms with van der Waals surface area (Å²) in [5.74, 6) is -0.485. The number of benzene rings is 2. The summed E-state index contributed by atoms with van der Waals surface area (Å²) >= 11 is 7.99. The monoisotopic (exact) mass is 665 g/mol. The number of hydrogen-bond acceptors (Lipinski definition) is 10. The Morgan fingerprint density at radius 3 is 2.63 bits per heavy atom. The molecule has 2 atom stereocenters. The van der Waals surface area contributed by atoms with Crippen molar-refractivity contribution in [3.8, 4) is 29.0 Å². The van der Waals surface area contributed by atoms with Gasteiger partial charge in [0.2, 0.25) is 0 Å². The summed E-state index contributed by atoms with van der Waals surface area (Å²) in [5, 5.41) is 10.7. The summed E-state index contributed by atoms with van der Waals surface area (Å²) < 4.78 is 45.2. The topological polar surface area (TPSA) is 104 Å². The minimum Gasteiger partial charge on any atom is -0.489 e. The third kappa shape index (κ3) is 4.91. The highest BCUT2D eigenvalue weighted by Crippen LogP contribution is 2.50. The number of halogens is 3. The van der Waals surface area contributed by atoms with Gasteiger partial charge in [-0.25, -0.2) is 8.78 Å². The number of rotatable bonds is 3. The maximum absolute atomic E-state index is 17.1. The van der Waals surface area contributed by atoms with Crippen molar-refractivity contribution in [2.75, 3.05) is 57.0 Å². The summed E-state index contributed by atoms with van der Waals surface area (Å²) in [5.41, 5.74) is 6.42. The zero-order chi connectivity index (χ0) is 31.7. The lowest BCUT2D eigenvalue weighted by Gasteiger charge is -2.32. The zero-order valence-electron chi connectivity index (χ0n) is 25.5. The van der Waals surface area contributed by atoms with Crippen molar-refractivity contribution >= 4 is 54.7 Å². The first-order valence-electron chi connectivity index (χ1n) is 16.0. The average Bonchev–Trinajstić information content (AvgIpc) is 3.74. The molecule has 13 heteroatoms. The zero-order valence-corrected chi connectivity index (χ0v) is 27.1. The van der Waals surface area contributed by atoms with Gasteiger partial charge in [0.25, 0.3) is 0 Å². The van der Waals surface area contributed by atoms with Crippen LogP contribution in [-0.4, -0.2) is 84.3 Å². The number of fused-ring (bicyclic) bond motifs is 2. The molecule has 0 radical (unpaired) electrons. The fraction of sp³-hybridized carbons (Fsp3) is 0.485. The quantitative estimate of drug-likeness (QED) is 0.274. The van der Waals surface area contributed by atoms with Crippen molar-refractivity contribution in [3.63, 3.8) is 0 Å². The highest BCUT2D eigenvalue weighted by atomic mass is 35.5. The molecule has 2 N–H and O–H groups in total. The molecule has 5 heterocycles. The Hall–Kier alpha value is -3.50. The van der Waals surface area contributed by atoms with E-state index >= 15 is 4.39 Å².